The molecule has 2 N–H and O–H groups in total. The Morgan fingerprint density at radius 3 is 2.09 bits per heavy atom. The second-order valence-electron chi connectivity index (χ2n) is 7.80. The van der Waals surface area contributed by atoms with Crippen LogP contribution in [-0.2, 0) is 10.0 Å². The molecule has 0 aliphatic heterocycles. The van der Waals surface area contributed by atoms with Gasteiger partial charge in [-0.2, -0.15) is 0 Å². The van der Waals surface area contributed by atoms with Crippen LogP contribution in [0.25, 0.3) is 0 Å². The molecule has 0 aliphatic carbocycles. The van der Waals surface area contributed by atoms with Crippen LogP contribution >= 0.6 is 0 Å². The minimum absolute atomic E-state index is 0.0584. The Morgan fingerprint density at radius 1 is 0.879 bits per heavy atom. The predicted molar refractivity (Wildman–Crippen MR) is 133 cm³/mol. The summed E-state index contributed by atoms with van der Waals surface area (Å²) in [5.74, 6) is -0.237. The minimum Gasteiger partial charge on any atom is -0.350 e. The Hall–Kier alpha value is -3.16. The van der Waals surface area contributed by atoms with Crippen molar-refractivity contribution in [3.8, 4) is 0 Å². The zero-order valence-corrected chi connectivity index (χ0v) is 20.1. The molecule has 0 radical (unpaired) electrons. The summed E-state index contributed by atoms with van der Waals surface area (Å²) in [6.45, 7) is 8.24. The van der Waals surface area contributed by atoms with E-state index in [4.69, 9.17) is 0 Å². The number of para-hydroxylation sites is 1. The first-order valence-corrected chi connectivity index (χ1v) is 12.6. The summed E-state index contributed by atoms with van der Waals surface area (Å²) in [7, 11) is -3.75. The number of aryl methyl sites for hydroxylation is 1. The van der Waals surface area contributed by atoms with E-state index in [0.29, 0.717) is 17.8 Å². The molecule has 0 unspecified atom stereocenters. The highest BCUT2D eigenvalue weighted by Crippen LogP contribution is 2.21. The third-order valence-electron chi connectivity index (χ3n) is 5.71. The summed E-state index contributed by atoms with van der Waals surface area (Å²) in [6, 6.07) is 23.3. The molecule has 3 aromatic carbocycles. The van der Waals surface area contributed by atoms with Crippen LogP contribution in [0.2, 0.25) is 0 Å². The van der Waals surface area contributed by atoms with Gasteiger partial charge in [0, 0.05) is 12.1 Å². The van der Waals surface area contributed by atoms with Gasteiger partial charge in [-0.05, 0) is 61.5 Å². The number of rotatable bonds is 10. The van der Waals surface area contributed by atoms with Crippen molar-refractivity contribution in [1.82, 2.24) is 10.2 Å². The third-order valence-corrected chi connectivity index (χ3v) is 7.09. The average Bonchev–Trinajstić information content (AvgIpc) is 2.83. The maximum absolute atomic E-state index is 12.8. The molecule has 0 saturated heterocycles. The van der Waals surface area contributed by atoms with Crippen LogP contribution in [-0.4, -0.2) is 38.9 Å². The molecule has 0 heterocycles. The second kappa shape index (κ2) is 11.1. The lowest BCUT2D eigenvalue weighted by Gasteiger charge is -2.30. The number of likely N-dealkylation sites (N-methyl/N-ethyl adjacent to an activating group) is 1. The lowest BCUT2D eigenvalue weighted by molar-refractivity contribution is 0.0935. The Morgan fingerprint density at radius 2 is 1.48 bits per heavy atom. The highest BCUT2D eigenvalue weighted by Gasteiger charge is 2.20. The molecule has 6 nitrogen and oxygen atoms in total. The summed E-state index contributed by atoms with van der Waals surface area (Å²) >= 11 is 0. The van der Waals surface area contributed by atoms with Gasteiger partial charge in [-0.3, -0.25) is 14.4 Å². The van der Waals surface area contributed by atoms with Crippen LogP contribution in [0.5, 0.6) is 0 Å². The Kier molecular flexibility index (Phi) is 8.25. The number of hydrogen-bond donors (Lipinski definition) is 2. The quantitative estimate of drug-likeness (QED) is 0.458. The summed E-state index contributed by atoms with van der Waals surface area (Å²) in [4.78, 5) is 15.2. The number of benzene rings is 3. The van der Waals surface area contributed by atoms with Gasteiger partial charge in [0.05, 0.1) is 16.6 Å². The number of anilines is 1. The van der Waals surface area contributed by atoms with Crippen LogP contribution in [0.15, 0.2) is 83.8 Å². The molecule has 3 aromatic rings. The van der Waals surface area contributed by atoms with Gasteiger partial charge in [0.25, 0.3) is 15.9 Å². The molecule has 33 heavy (non-hydrogen) atoms. The maximum Gasteiger partial charge on any atom is 0.261 e. The van der Waals surface area contributed by atoms with Crippen LogP contribution in [0.1, 0.15) is 41.4 Å². The number of amides is 1. The number of nitrogens with one attached hydrogen (secondary N) is 2. The van der Waals surface area contributed by atoms with Crippen LogP contribution < -0.4 is 10.0 Å². The zero-order valence-electron chi connectivity index (χ0n) is 19.3. The smallest absolute Gasteiger partial charge is 0.261 e. The number of carbonyl (C=O) groups is 1. The lowest BCUT2D eigenvalue weighted by Crippen LogP contribution is -2.38. The first-order chi connectivity index (χ1) is 15.9. The molecule has 3 rings (SSSR count). The van der Waals surface area contributed by atoms with Crippen molar-refractivity contribution in [2.45, 2.75) is 31.7 Å². The van der Waals surface area contributed by atoms with Gasteiger partial charge in [-0.1, -0.05) is 62.4 Å². The van der Waals surface area contributed by atoms with Gasteiger partial charge < -0.3 is 5.32 Å². The molecule has 0 saturated carbocycles. The molecular weight excluding hydrogens is 434 g/mol. The molecule has 1 atom stereocenters. The second-order valence-corrected chi connectivity index (χ2v) is 9.48. The summed E-state index contributed by atoms with van der Waals surface area (Å²) in [6.07, 6.45) is 0. The Labute approximate surface area is 196 Å². The fourth-order valence-corrected chi connectivity index (χ4v) is 4.90. The third kappa shape index (κ3) is 6.21. The van der Waals surface area contributed by atoms with Crippen molar-refractivity contribution in [3.63, 3.8) is 0 Å². The van der Waals surface area contributed by atoms with E-state index in [-0.39, 0.29) is 16.8 Å². The van der Waals surface area contributed by atoms with E-state index < -0.39 is 10.0 Å². The highest BCUT2D eigenvalue weighted by molar-refractivity contribution is 7.92. The van der Waals surface area contributed by atoms with Crippen molar-refractivity contribution in [2.75, 3.05) is 24.4 Å². The van der Waals surface area contributed by atoms with Gasteiger partial charge in [0.2, 0.25) is 0 Å². The van der Waals surface area contributed by atoms with E-state index >= 15 is 0 Å². The molecule has 0 spiro atoms. The van der Waals surface area contributed by atoms with E-state index in [1.54, 1.807) is 12.1 Å². The first kappa shape index (κ1) is 24.5. The fraction of sp³-hybridized carbons (Fsp3) is 0.269. The fourth-order valence-electron chi connectivity index (χ4n) is 3.77. The molecule has 174 valence electrons. The average molecular weight is 466 g/mol. The maximum atomic E-state index is 12.8. The van der Waals surface area contributed by atoms with Crippen molar-refractivity contribution in [3.05, 3.63) is 95.6 Å². The number of carbonyl (C=O) groups excluding carboxylic acids is 1. The summed E-state index contributed by atoms with van der Waals surface area (Å²) in [5, 5.41) is 3.01. The van der Waals surface area contributed by atoms with E-state index in [1.807, 2.05) is 37.3 Å². The van der Waals surface area contributed by atoms with E-state index in [0.717, 1.165) is 24.2 Å². The van der Waals surface area contributed by atoms with Crippen molar-refractivity contribution < 1.29 is 13.2 Å². The van der Waals surface area contributed by atoms with Crippen LogP contribution in [0.4, 0.5) is 5.69 Å². The molecule has 0 fully saturated rings. The van der Waals surface area contributed by atoms with E-state index in [1.165, 1.54) is 24.3 Å². The van der Waals surface area contributed by atoms with Crippen molar-refractivity contribution in [2.24, 2.45) is 0 Å². The Bertz CT molecular complexity index is 1160. The first-order valence-electron chi connectivity index (χ1n) is 11.1. The minimum atomic E-state index is -3.75. The van der Waals surface area contributed by atoms with E-state index in [9.17, 15) is 13.2 Å². The van der Waals surface area contributed by atoms with Gasteiger partial charge in [0.15, 0.2) is 0 Å². The van der Waals surface area contributed by atoms with Gasteiger partial charge in [0.1, 0.15) is 0 Å². The number of hydrogen-bond acceptors (Lipinski definition) is 4. The topological polar surface area (TPSA) is 78.5 Å². The Balaban J connectivity index is 1.70. The number of nitrogens with zero attached hydrogens (tertiary/aromatic N) is 1. The normalized spacial score (nSPS) is 12.4. The molecule has 0 aromatic heterocycles. The van der Waals surface area contributed by atoms with Gasteiger partial charge in [-0.15, -0.1) is 0 Å². The molecule has 0 aliphatic rings. The number of sulfonamides is 1. The molecule has 1 amide bonds. The lowest BCUT2D eigenvalue weighted by atomic mass is 10.0. The van der Waals surface area contributed by atoms with Crippen molar-refractivity contribution >= 4 is 21.6 Å². The van der Waals surface area contributed by atoms with Gasteiger partial charge >= 0.3 is 0 Å². The summed E-state index contributed by atoms with van der Waals surface area (Å²) < 4.78 is 28.1. The highest BCUT2D eigenvalue weighted by atomic mass is 32.2. The van der Waals surface area contributed by atoms with Crippen LogP contribution in [0.3, 0.4) is 0 Å². The molecule has 7 heteroatoms. The molecule has 0 bridgehead atoms. The van der Waals surface area contributed by atoms with Crippen molar-refractivity contribution in [1.29, 1.82) is 0 Å². The monoisotopic (exact) mass is 465 g/mol. The summed E-state index contributed by atoms with van der Waals surface area (Å²) in [5.41, 5.74) is 2.92. The zero-order chi connectivity index (χ0) is 23.8. The molecular formula is C26H31N3O3S. The van der Waals surface area contributed by atoms with Crippen LogP contribution in [0, 0.1) is 6.92 Å². The largest absolute Gasteiger partial charge is 0.350 e. The van der Waals surface area contributed by atoms with Gasteiger partial charge in [-0.25, -0.2) is 8.42 Å². The SMILES string of the molecule is CCN(CC)[C@@H](CNC(=O)c1ccc(S(=O)(=O)Nc2ccccc2C)cc1)c1ccccc1. The standard InChI is InChI=1S/C26H31N3O3S/c1-4-29(5-2)25(21-12-7-6-8-13-21)19-27-26(30)22-15-17-23(18-16-22)33(31,32)28-24-14-10-9-11-20(24)3/h6-18,25,28H,4-5,19H2,1-3H3,(H,27,30)/t25-/m0/s1. The van der Waals surface area contributed by atoms with E-state index in [2.05, 4.69) is 40.9 Å². The predicted octanol–water partition coefficient (Wildman–Crippen LogP) is 4.61.